The lowest BCUT2D eigenvalue weighted by Crippen LogP contribution is -2.61. The van der Waals surface area contributed by atoms with Crippen LogP contribution in [0.5, 0.6) is 0 Å². The van der Waals surface area contributed by atoms with Crippen molar-refractivity contribution in [2.75, 3.05) is 13.1 Å². The average Bonchev–Trinajstić information content (AvgIpc) is 3.20. The van der Waals surface area contributed by atoms with Crippen molar-refractivity contribution in [1.29, 1.82) is 0 Å². The molecule has 1 heterocycles. The number of likely N-dealkylation sites (tertiary alicyclic amines) is 1. The molecule has 35 heavy (non-hydrogen) atoms. The summed E-state index contributed by atoms with van der Waals surface area (Å²) in [7, 11) is 0. The van der Waals surface area contributed by atoms with Crippen molar-refractivity contribution in [2.24, 2.45) is 17.3 Å². The summed E-state index contributed by atoms with van der Waals surface area (Å²) < 4.78 is 39.3. The molecular formula is C29H43F3N2O. The molecule has 4 rings (SSSR count). The largest absolute Gasteiger partial charge is 0.416 e. The molecule has 1 aliphatic heterocycles. The zero-order chi connectivity index (χ0) is 26.0. The van der Waals surface area contributed by atoms with Crippen LogP contribution in [0.1, 0.15) is 95.9 Å². The van der Waals surface area contributed by atoms with Crippen LogP contribution in [0.25, 0.3) is 0 Å². The number of carbonyl (C=O) groups excluding carboxylic acids is 1. The molecule has 0 bridgehead atoms. The third-order valence-electron chi connectivity index (χ3n) is 8.21. The molecule has 2 aliphatic carbocycles. The monoisotopic (exact) mass is 492 g/mol. The lowest BCUT2D eigenvalue weighted by molar-refractivity contribution is -0.154. The molecule has 3 nitrogen and oxygen atoms in total. The fourth-order valence-corrected chi connectivity index (χ4v) is 6.54. The number of aryl methyl sites for hydroxylation is 1. The molecule has 1 saturated heterocycles. The molecule has 2 fully saturated rings. The Morgan fingerprint density at radius 2 is 1.80 bits per heavy atom. The van der Waals surface area contributed by atoms with E-state index in [4.69, 9.17) is 0 Å². The minimum Gasteiger partial charge on any atom is -0.351 e. The normalized spacial score (nSPS) is 27.3. The number of fused-ring (bicyclic) bond motifs is 1. The van der Waals surface area contributed by atoms with E-state index in [1.54, 1.807) is 6.07 Å². The van der Waals surface area contributed by atoms with Crippen LogP contribution in [0.15, 0.2) is 30.9 Å². The lowest BCUT2D eigenvalue weighted by atomic mass is 9.50. The number of piperidine rings is 1. The predicted octanol–water partition coefficient (Wildman–Crippen LogP) is 7.32. The van der Waals surface area contributed by atoms with Gasteiger partial charge in [-0.3, -0.25) is 9.69 Å². The number of alkyl halides is 3. The quantitative estimate of drug-likeness (QED) is 0.437. The van der Waals surface area contributed by atoms with Crippen molar-refractivity contribution >= 4 is 5.91 Å². The van der Waals surface area contributed by atoms with Crippen molar-refractivity contribution in [2.45, 2.75) is 97.3 Å². The van der Waals surface area contributed by atoms with Crippen molar-refractivity contribution < 1.29 is 18.0 Å². The van der Waals surface area contributed by atoms with Gasteiger partial charge in [0, 0.05) is 11.6 Å². The maximum atomic E-state index is 13.5. The van der Waals surface area contributed by atoms with Gasteiger partial charge in [0.25, 0.3) is 0 Å². The van der Waals surface area contributed by atoms with E-state index in [1.807, 2.05) is 40.7 Å². The van der Waals surface area contributed by atoms with Gasteiger partial charge in [-0.1, -0.05) is 26.0 Å². The van der Waals surface area contributed by atoms with E-state index >= 15 is 0 Å². The van der Waals surface area contributed by atoms with Crippen LogP contribution in [0.2, 0.25) is 0 Å². The fraction of sp³-hybridized carbons (Fsp3) is 0.690. The van der Waals surface area contributed by atoms with Gasteiger partial charge in [-0.05, 0) is 114 Å². The van der Waals surface area contributed by atoms with Crippen molar-refractivity contribution in [3.05, 3.63) is 47.5 Å². The molecule has 1 saturated carbocycles. The minimum absolute atomic E-state index is 0.188. The maximum absolute atomic E-state index is 13.5. The molecule has 1 amide bonds. The Kier molecular flexibility index (Phi) is 8.45. The second-order valence-electron chi connectivity index (χ2n) is 11.3. The van der Waals surface area contributed by atoms with E-state index in [-0.39, 0.29) is 22.9 Å². The molecule has 1 aromatic carbocycles. The highest BCUT2D eigenvalue weighted by Crippen LogP contribution is 2.57. The summed E-state index contributed by atoms with van der Waals surface area (Å²) in [5, 5.41) is 3.27. The van der Waals surface area contributed by atoms with Gasteiger partial charge in [0.15, 0.2) is 0 Å². The van der Waals surface area contributed by atoms with Gasteiger partial charge < -0.3 is 5.32 Å². The summed E-state index contributed by atoms with van der Waals surface area (Å²) in [5.74, 6) is 0.877. The van der Waals surface area contributed by atoms with Crippen LogP contribution in [0.3, 0.4) is 0 Å². The molecular weight excluding hydrogens is 449 g/mol. The van der Waals surface area contributed by atoms with E-state index in [2.05, 4.69) is 16.8 Å². The minimum atomic E-state index is -4.29. The highest BCUT2D eigenvalue weighted by Gasteiger charge is 2.57. The predicted molar refractivity (Wildman–Crippen MR) is 136 cm³/mol. The topological polar surface area (TPSA) is 32.3 Å². The molecule has 1 N–H and O–H groups in total. The van der Waals surface area contributed by atoms with Crippen LogP contribution in [-0.4, -0.2) is 29.4 Å². The van der Waals surface area contributed by atoms with Crippen LogP contribution in [0.4, 0.5) is 13.2 Å². The molecule has 1 aromatic rings. The first-order chi connectivity index (χ1) is 16.5. The number of halogens is 3. The molecule has 3 unspecified atom stereocenters. The van der Waals surface area contributed by atoms with Crippen molar-refractivity contribution in [3.63, 3.8) is 0 Å². The van der Waals surface area contributed by atoms with Crippen LogP contribution < -0.4 is 5.32 Å². The van der Waals surface area contributed by atoms with Gasteiger partial charge in [-0.2, -0.15) is 13.2 Å². The van der Waals surface area contributed by atoms with Crippen LogP contribution in [0, 0.1) is 17.3 Å². The molecule has 6 heteroatoms. The maximum Gasteiger partial charge on any atom is 0.416 e. The summed E-state index contributed by atoms with van der Waals surface area (Å²) in [4.78, 5) is 15.9. The van der Waals surface area contributed by atoms with Crippen molar-refractivity contribution in [3.8, 4) is 0 Å². The Balaban J connectivity index is 0.00000167. The smallest absolute Gasteiger partial charge is 0.351 e. The first-order valence-corrected chi connectivity index (χ1v) is 13.3. The molecule has 3 aliphatic rings. The van der Waals surface area contributed by atoms with E-state index in [0.717, 1.165) is 62.7 Å². The molecule has 0 radical (unpaired) electrons. The van der Waals surface area contributed by atoms with Gasteiger partial charge in [0.2, 0.25) is 5.91 Å². The third-order valence-corrected chi connectivity index (χ3v) is 8.21. The van der Waals surface area contributed by atoms with E-state index in [0.29, 0.717) is 18.3 Å². The van der Waals surface area contributed by atoms with Gasteiger partial charge in [-0.15, -0.1) is 6.58 Å². The number of nitrogens with one attached hydrogen (secondary N) is 1. The molecule has 196 valence electrons. The lowest BCUT2D eigenvalue weighted by Gasteiger charge is -2.55. The third kappa shape index (κ3) is 5.63. The van der Waals surface area contributed by atoms with E-state index in [9.17, 15) is 18.0 Å². The standard InChI is InChI=1S/C27H37F3N2O.C2H6/c1-5-6-19-11-14-26(19,24(33)31-25(2,3)4)20-12-15-32(16-13-20)23-10-7-18-17-21(27(28,29)30)8-9-22(18)23;1-2/h5,8-9,17,19-20,23H,1,6-7,10-16H2,2-4H3,(H,31,33);1-2H3. The number of carbonyl (C=O) groups is 1. The Labute approximate surface area is 209 Å². The number of benzene rings is 1. The summed E-state index contributed by atoms with van der Waals surface area (Å²) >= 11 is 0. The highest BCUT2D eigenvalue weighted by molar-refractivity contribution is 5.85. The first kappa shape index (κ1) is 27.8. The van der Waals surface area contributed by atoms with Crippen LogP contribution >= 0.6 is 0 Å². The van der Waals surface area contributed by atoms with Crippen molar-refractivity contribution in [1.82, 2.24) is 10.2 Å². The number of allylic oxidation sites excluding steroid dienone is 1. The Hall–Kier alpha value is -1.82. The van der Waals surface area contributed by atoms with Gasteiger partial charge >= 0.3 is 6.18 Å². The van der Waals surface area contributed by atoms with E-state index in [1.165, 1.54) is 12.1 Å². The molecule has 3 atom stereocenters. The Morgan fingerprint density at radius 1 is 1.14 bits per heavy atom. The highest BCUT2D eigenvalue weighted by atomic mass is 19.4. The second kappa shape index (κ2) is 10.7. The number of hydrogen-bond donors (Lipinski definition) is 1. The summed E-state index contributed by atoms with van der Waals surface area (Å²) in [6.07, 6.45) is 4.01. The average molecular weight is 493 g/mol. The fourth-order valence-electron chi connectivity index (χ4n) is 6.54. The molecule has 0 spiro atoms. The van der Waals surface area contributed by atoms with Gasteiger partial charge in [0.1, 0.15) is 0 Å². The summed E-state index contributed by atoms with van der Waals surface area (Å²) in [5.41, 5.74) is 0.758. The van der Waals surface area contributed by atoms with Gasteiger partial charge in [0.05, 0.1) is 11.0 Å². The SMILES string of the molecule is C=CCC1CCC1(C(=O)NC(C)(C)C)C1CCN(C2CCc3cc(C(F)(F)F)ccc32)CC1.CC. The zero-order valence-corrected chi connectivity index (χ0v) is 22.1. The summed E-state index contributed by atoms with van der Waals surface area (Å²) in [6, 6.07) is 4.44. The van der Waals surface area contributed by atoms with Crippen LogP contribution in [-0.2, 0) is 17.4 Å². The second-order valence-corrected chi connectivity index (χ2v) is 11.3. The Morgan fingerprint density at radius 3 is 2.31 bits per heavy atom. The van der Waals surface area contributed by atoms with E-state index < -0.39 is 11.7 Å². The number of nitrogens with zero attached hydrogens (tertiary/aromatic N) is 1. The van der Waals surface area contributed by atoms with Gasteiger partial charge in [-0.25, -0.2) is 0 Å². The number of rotatable bonds is 5. The number of amides is 1. The summed E-state index contributed by atoms with van der Waals surface area (Å²) in [6.45, 7) is 15.8. The zero-order valence-electron chi connectivity index (χ0n) is 22.1. The number of hydrogen-bond acceptors (Lipinski definition) is 2. The first-order valence-electron chi connectivity index (χ1n) is 13.3. The molecule has 0 aromatic heterocycles. The Bertz CT molecular complexity index is 896.